The molecular weight excluding hydrogens is 304 g/mol. The maximum atomic E-state index is 12.2. The summed E-state index contributed by atoms with van der Waals surface area (Å²) in [6.07, 6.45) is 3.02. The minimum absolute atomic E-state index is 0.153. The van der Waals surface area contributed by atoms with Gasteiger partial charge in [0, 0.05) is 4.88 Å². The molecule has 19 heavy (non-hydrogen) atoms. The molecule has 102 valence electrons. The summed E-state index contributed by atoms with van der Waals surface area (Å²) in [4.78, 5) is 9.43. The molecule has 0 unspecified atom stereocenters. The van der Waals surface area contributed by atoms with Gasteiger partial charge in [0.25, 0.3) is 10.0 Å². The highest BCUT2D eigenvalue weighted by Crippen LogP contribution is 2.33. The van der Waals surface area contributed by atoms with Crippen molar-refractivity contribution in [2.24, 2.45) is 0 Å². The monoisotopic (exact) mass is 316 g/mol. The van der Waals surface area contributed by atoms with Gasteiger partial charge in [-0.25, -0.2) is 18.4 Å². The Morgan fingerprint density at radius 1 is 1.26 bits per heavy atom. The lowest BCUT2D eigenvalue weighted by molar-refractivity contribution is 0.602. The highest BCUT2D eigenvalue weighted by atomic mass is 32.2. The summed E-state index contributed by atoms with van der Waals surface area (Å²) >= 11 is 2.37. The lowest BCUT2D eigenvalue weighted by atomic mass is 10.4. The number of sulfonamides is 1. The minimum atomic E-state index is -3.64. The Kier molecular flexibility index (Phi) is 2.99. The first-order valence-electron chi connectivity index (χ1n) is 5.70. The number of nitrogen functional groups attached to an aromatic ring is 1. The van der Waals surface area contributed by atoms with Gasteiger partial charge in [0.2, 0.25) is 0 Å². The zero-order valence-electron chi connectivity index (χ0n) is 10.1. The highest BCUT2D eigenvalue weighted by molar-refractivity contribution is 7.95. The van der Waals surface area contributed by atoms with E-state index in [1.165, 1.54) is 16.2 Å². The van der Waals surface area contributed by atoms with E-state index in [0.717, 1.165) is 36.3 Å². The molecule has 2 aromatic heterocycles. The molecule has 0 aromatic carbocycles. The second-order valence-corrected chi connectivity index (χ2v) is 8.26. The van der Waals surface area contributed by atoms with Gasteiger partial charge in [-0.2, -0.15) is 0 Å². The van der Waals surface area contributed by atoms with Crippen molar-refractivity contribution in [3.05, 3.63) is 16.3 Å². The molecule has 1 aliphatic carbocycles. The van der Waals surface area contributed by atoms with Crippen LogP contribution in [0.3, 0.4) is 0 Å². The fourth-order valence-electron chi connectivity index (χ4n) is 2.05. The van der Waals surface area contributed by atoms with Crippen molar-refractivity contribution in [2.45, 2.75) is 30.4 Å². The first-order chi connectivity index (χ1) is 8.95. The second-order valence-electron chi connectivity index (χ2n) is 4.27. The van der Waals surface area contributed by atoms with Gasteiger partial charge >= 0.3 is 0 Å². The zero-order chi connectivity index (χ0) is 13.6. The van der Waals surface area contributed by atoms with Crippen molar-refractivity contribution in [3.63, 3.8) is 0 Å². The average molecular weight is 316 g/mol. The third-order valence-electron chi connectivity index (χ3n) is 2.83. The van der Waals surface area contributed by atoms with Crippen LogP contribution in [0.2, 0.25) is 0 Å². The molecule has 6 nitrogen and oxygen atoms in total. The summed E-state index contributed by atoms with van der Waals surface area (Å²) in [5, 5.41) is 0.676. The molecule has 0 bridgehead atoms. The summed E-state index contributed by atoms with van der Waals surface area (Å²) < 4.78 is 27.1. The van der Waals surface area contributed by atoms with Gasteiger partial charge in [0.05, 0.1) is 11.4 Å². The molecule has 2 heterocycles. The number of nitrogens with two attached hydrogens (primary N) is 1. The Bertz CT molecular complexity index is 711. The molecule has 0 fully saturated rings. The molecule has 3 rings (SSSR count). The Balaban J connectivity index is 1.91. The van der Waals surface area contributed by atoms with Crippen LogP contribution < -0.4 is 10.5 Å². The molecule has 0 amide bonds. The quantitative estimate of drug-likeness (QED) is 0.899. The van der Waals surface area contributed by atoms with Crippen LogP contribution in [0.5, 0.6) is 0 Å². The van der Waals surface area contributed by atoms with E-state index in [2.05, 4.69) is 14.7 Å². The van der Waals surface area contributed by atoms with Crippen LogP contribution in [0.25, 0.3) is 0 Å². The summed E-state index contributed by atoms with van der Waals surface area (Å²) in [5.41, 5.74) is 6.96. The Morgan fingerprint density at radius 2 is 2.05 bits per heavy atom. The number of aromatic nitrogens is 2. The topological polar surface area (TPSA) is 98.0 Å². The van der Waals surface area contributed by atoms with Crippen LogP contribution in [0.1, 0.15) is 22.7 Å². The van der Waals surface area contributed by atoms with Gasteiger partial charge in [0.1, 0.15) is 0 Å². The zero-order valence-corrected chi connectivity index (χ0v) is 12.6. The molecule has 1 aliphatic rings. The van der Waals surface area contributed by atoms with Crippen molar-refractivity contribution in [1.29, 1.82) is 0 Å². The maximum absolute atomic E-state index is 12.2. The first-order valence-corrected chi connectivity index (χ1v) is 8.81. The number of rotatable bonds is 3. The number of hydrogen-bond donors (Lipinski definition) is 2. The molecule has 0 atom stereocenters. The van der Waals surface area contributed by atoms with Gasteiger partial charge in [-0.05, 0) is 26.2 Å². The van der Waals surface area contributed by atoms with E-state index in [9.17, 15) is 8.42 Å². The minimum Gasteiger partial charge on any atom is -0.375 e. The first kappa shape index (κ1) is 12.8. The van der Waals surface area contributed by atoms with E-state index in [1.807, 2.05) is 0 Å². The standard InChI is InChI=1S/C10H12N4O2S3/c1-5-8(18-9(11)12-5)19(15,16)14-10-13-6-3-2-4-7(6)17-10/h2-4H2,1H3,(H2,11,12)(H,13,14). The Morgan fingerprint density at radius 3 is 2.68 bits per heavy atom. The molecule has 0 saturated heterocycles. The second kappa shape index (κ2) is 4.43. The molecule has 2 aromatic rings. The Hall–Kier alpha value is -1.19. The SMILES string of the molecule is Cc1nc(N)sc1S(=O)(=O)Nc1nc2c(s1)CCC2. The Labute approximate surface area is 118 Å². The van der Waals surface area contributed by atoms with Gasteiger partial charge in [-0.3, -0.25) is 4.72 Å². The van der Waals surface area contributed by atoms with Crippen molar-refractivity contribution in [3.8, 4) is 0 Å². The van der Waals surface area contributed by atoms with Crippen molar-refractivity contribution in [1.82, 2.24) is 9.97 Å². The molecule has 0 radical (unpaired) electrons. The number of fused-ring (bicyclic) bond motifs is 1. The van der Waals surface area contributed by atoms with Crippen molar-refractivity contribution in [2.75, 3.05) is 10.5 Å². The van der Waals surface area contributed by atoms with Crippen LogP contribution in [0.15, 0.2) is 4.21 Å². The predicted molar refractivity (Wildman–Crippen MR) is 76.2 cm³/mol. The average Bonchev–Trinajstić information content (AvgIpc) is 2.92. The summed E-state index contributed by atoms with van der Waals surface area (Å²) in [7, 11) is -3.64. The number of aryl methyl sites for hydroxylation is 3. The number of nitrogens with one attached hydrogen (secondary N) is 1. The third-order valence-corrected chi connectivity index (χ3v) is 6.97. The molecule has 9 heteroatoms. The van der Waals surface area contributed by atoms with Gasteiger partial charge < -0.3 is 5.73 Å². The fraction of sp³-hybridized carbons (Fsp3) is 0.400. The van der Waals surface area contributed by atoms with Crippen LogP contribution in [0, 0.1) is 6.92 Å². The number of hydrogen-bond acceptors (Lipinski definition) is 7. The lowest BCUT2D eigenvalue weighted by Gasteiger charge is -2.02. The van der Waals surface area contributed by atoms with Crippen molar-refractivity contribution >= 4 is 43.0 Å². The smallest absolute Gasteiger partial charge is 0.275 e. The number of anilines is 2. The molecule has 0 aliphatic heterocycles. The molecule has 0 saturated carbocycles. The van der Waals surface area contributed by atoms with E-state index in [1.54, 1.807) is 6.92 Å². The normalized spacial score (nSPS) is 14.6. The predicted octanol–water partition coefficient (Wildman–Crippen LogP) is 1.78. The van der Waals surface area contributed by atoms with E-state index >= 15 is 0 Å². The van der Waals surface area contributed by atoms with E-state index < -0.39 is 10.0 Å². The maximum Gasteiger partial charge on any atom is 0.275 e. The van der Waals surface area contributed by atoms with Crippen LogP contribution in [-0.4, -0.2) is 18.4 Å². The summed E-state index contributed by atoms with van der Waals surface area (Å²) in [6, 6.07) is 0. The summed E-state index contributed by atoms with van der Waals surface area (Å²) in [5.74, 6) is 0. The van der Waals surface area contributed by atoms with Crippen LogP contribution in [0.4, 0.5) is 10.3 Å². The van der Waals surface area contributed by atoms with Crippen molar-refractivity contribution < 1.29 is 8.42 Å². The lowest BCUT2D eigenvalue weighted by Crippen LogP contribution is -2.12. The third kappa shape index (κ3) is 2.33. The van der Waals surface area contributed by atoms with E-state index in [-0.39, 0.29) is 9.34 Å². The van der Waals surface area contributed by atoms with Gasteiger partial charge in [-0.1, -0.05) is 11.3 Å². The van der Waals surface area contributed by atoms with E-state index in [0.29, 0.717) is 10.8 Å². The number of thiazole rings is 2. The van der Waals surface area contributed by atoms with E-state index in [4.69, 9.17) is 5.73 Å². The highest BCUT2D eigenvalue weighted by Gasteiger charge is 2.24. The largest absolute Gasteiger partial charge is 0.375 e. The van der Waals surface area contributed by atoms with Gasteiger partial charge in [-0.15, -0.1) is 11.3 Å². The molecule has 0 spiro atoms. The summed E-state index contributed by atoms with van der Waals surface area (Å²) in [6.45, 7) is 1.63. The molecule has 3 N–H and O–H groups in total. The van der Waals surface area contributed by atoms with Crippen LogP contribution >= 0.6 is 22.7 Å². The van der Waals surface area contributed by atoms with Gasteiger partial charge in [0.15, 0.2) is 14.5 Å². The van der Waals surface area contributed by atoms with Crippen LogP contribution in [-0.2, 0) is 22.9 Å². The fourth-order valence-corrected chi connectivity index (χ4v) is 5.63. The molecular formula is C10H12N4O2S3. The number of nitrogens with zero attached hydrogens (tertiary/aromatic N) is 2.